The molecular weight excluding hydrogens is 482 g/mol. The third-order valence-electron chi connectivity index (χ3n) is 6.08. The molecule has 0 bridgehead atoms. The summed E-state index contributed by atoms with van der Waals surface area (Å²) in [6.45, 7) is 5.71. The molecule has 1 saturated heterocycles. The number of ether oxygens (including phenoxy) is 2. The molecule has 1 aliphatic heterocycles. The maximum Gasteiger partial charge on any atom is 0.300 e. The number of amides is 1. The van der Waals surface area contributed by atoms with E-state index in [1.807, 2.05) is 13.0 Å². The summed E-state index contributed by atoms with van der Waals surface area (Å²) in [4.78, 5) is 28.3. The van der Waals surface area contributed by atoms with Crippen molar-refractivity contribution in [2.75, 3.05) is 18.6 Å². The van der Waals surface area contributed by atoms with Crippen LogP contribution < -0.4 is 14.4 Å². The highest BCUT2D eigenvalue weighted by atomic mass is 35.5. The van der Waals surface area contributed by atoms with Crippen molar-refractivity contribution in [2.24, 2.45) is 0 Å². The number of nitrogens with zero attached hydrogens (tertiary/aromatic N) is 1. The van der Waals surface area contributed by atoms with E-state index >= 15 is 0 Å². The van der Waals surface area contributed by atoms with Gasteiger partial charge in [-0.3, -0.25) is 14.5 Å². The number of benzene rings is 3. The van der Waals surface area contributed by atoms with E-state index in [2.05, 4.69) is 0 Å². The second kappa shape index (κ2) is 9.95. The third-order valence-corrected chi connectivity index (χ3v) is 6.32. The summed E-state index contributed by atoms with van der Waals surface area (Å²) >= 11 is 6.26. The number of aliphatic hydroxyl groups is 1. The van der Waals surface area contributed by atoms with Gasteiger partial charge in [0.1, 0.15) is 11.5 Å². The largest absolute Gasteiger partial charge is 0.507 e. The molecule has 8 heteroatoms. The molecular formula is C28H26ClNO6. The van der Waals surface area contributed by atoms with E-state index in [9.17, 15) is 19.8 Å². The van der Waals surface area contributed by atoms with Crippen LogP contribution in [0.25, 0.3) is 5.76 Å². The maximum atomic E-state index is 13.5. The second-order valence-electron chi connectivity index (χ2n) is 8.46. The Morgan fingerprint density at radius 1 is 1.03 bits per heavy atom. The molecule has 1 amide bonds. The van der Waals surface area contributed by atoms with Gasteiger partial charge in [-0.15, -0.1) is 0 Å². The average molecular weight is 508 g/mol. The van der Waals surface area contributed by atoms with E-state index in [0.717, 1.165) is 5.56 Å². The fourth-order valence-corrected chi connectivity index (χ4v) is 4.53. The Morgan fingerprint density at radius 3 is 2.47 bits per heavy atom. The van der Waals surface area contributed by atoms with Gasteiger partial charge >= 0.3 is 0 Å². The van der Waals surface area contributed by atoms with Crippen LogP contribution in [-0.4, -0.2) is 35.6 Å². The number of methoxy groups -OCH3 is 1. The van der Waals surface area contributed by atoms with Crippen molar-refractivity contribution < 1.29 is 29.3 Å². The smallest absolute Gasteiger partial charge is 0.300 e. The molecule has 2 N–H and O–H groups in total. The number of aliphatic hydroxyl groups excluding tert-OH is 1. The van der Waals surface area contributed by atoms with Crippen LogP contribution in [-0.2, 0) is 9.59 Å². The Bertz CT molecular complexity index is 1400. The van der Waals surface area contributed by atoms with Crippen molar-refractivity contribution in [3.8, 4) is 17.2 Å². The van der Waals surface area contributed by atoms with E-state index in [1.165, 1.54) is 18.1 Å². The molecule has 4 rings (SSSR count). The summed E-state index contributed by atoms with van der Waals surface area (Å²) in [6.07, 6.45) is 0. The lowest BCUT2D eigenvalue weighted by molar-refractivity contribution is -0.132. The highest BCUT2D eigenvalue weighted by Crippen LogP contribution is 2.46. The molecule has 0 saturated carbocycles. The lowest BCUT2D eigenvalue weighted by Crippen LogP contribution is -2.30. The molecule has 0 aliphatic carbocycles. The molecule has 1 aliphatic rings. The molecule has 7 nitrogen and oxygen atoms in total. The number of phenols is 1. The number of phenolic OH excluding ortho intramolecular Hbond substituents is 1. The van der Waals surface area contributed by atoms with Crippen molar-refractivity contribution in [3.63, 3.8) is 0 Å². The minimum Gasteiger partial charge on any atom is -0.507 e. The standard InChI is InChI=1S/C28H26ClNO6/c1-5-36-23-13-17(8-10-21(23)31)25-24(26(32)19-12-15(2)6-11-22(19)35-4)27(33)28(34)30(25)20-14-18(29)9-7-16(20)3/h6-14,25,31-32H,5H2,1-4H3/b26-24+. The molecule has 36 heavy (non-hydrogen) atoms. The Morgan fingerprint density at radius 2 is 1.78 bits per heavy atom. The van der Waals surface area contributed by atoms with Crippen LogP contribution in [0.3, 0.4) is 0 Å². The number of halogens is 1. The molecule has 1 fully saturated rings. The molecule has 3 aromatic carbocycles. The lowest BCUT2D eigenvalue weighted by Gasteiger charge is -2.27. The van der Waals surface area contributed by atoms with Crippen LogP contribution in [0.2, 0.25) is 5.02 Å². The van der Waals surface area contributed by atoms with E-state index in [0.29, 0.717) is 34.2 Å². The van der Waals surface area contributed by atoms with Crippen LogP contribution in [0.1, 0.15) is 35.2 Å². The normalized spacial score (nSPS) is 16.9. The van der Waals surface area contributed by atoms with Crippen LogP contribution in [0, 0.1) is 13.8 Å². The van der Waals surface area contributed by atoms with Crippen molar-refractivity contribution in [1.29, 1.82) is 0 Å². The van der Waals surface area contributed by atoms with Gasteiger partial charge < -0.3 is 19.7 Å². The first-order valence-corrected chi connectivity index (χ1v) is 11.7. The number of carbonyl (C=O) groups excluding carboxylic acids is 2. The number of hydrogen-bond donors (Lipinski definition) is 2. The zero-order valence-corrected chi connectivity index (χ0v) is 21.1. The molecule has 1 unspecified atom stereocenters. The summed E-state index contributed by atoms with van der Waals surface area (Å²) in [5.41, 5.74) is 2.60. The first kappa shape index (κ1) is 25.1. The van der Waals surface area contributed by atoms with Crippen LogP contribution in [0.5, 0.6) is 17.2 Å². The molecule has 3 aromatic rings. The highest BCUT2D eigenvalue weighted by Gasteiger charge is 2.48. The van der Waals surface area contributed by atoms with Crippen LogP contribution in [0.4, 0.5) is 5.69 Å². The number of aromatic hydroxyl groups is 1. The molecule has 186 valence electrons. The fourth-order valence-electron chi connectivity index (χ4n) is 4.36. The Balaban J connectivity index is 2.04. The zero-order chi connectivity index (χ0) is 26.1. The van der Waals surface area contributed by atoms with Gasteiger partial charge in [-0.05, 0) is 68.3 Å². The maximum absolute atomic E-state index is 13.5. The van der Waals surface area contributed by atoms with Gasteiger partial charge in [-0.2, -0.15) is 0 Å². The summed E-state index contributed by atoms with van der Waals surface area (Å²) in [5.74, 6) is -1.58. The topological polar surface area (TPSA) is 96.3 Å². The summed E-state index contributed by atoms with van der Waals surface area (Å²) in [7, 11) is 1.46. The van der Waals surface area contributed by atoms with Crippen molar-refractivity contribution >= 4 is 34.7 Å². The molecule has 0 radical (unpaired) electrons. The minimum atomic E-state index is -1.02. The Kier molecular flexibility index (Phi) is 6.95. The van der Waals surface area contributed by atoms with Crippen LogP contribution >= 0.6 is 11.6 Å². The molecule has 1 atom stereocenters. The van der Waals surface area contributed by atoms with E-state index in [1.54, 1.807) is 56.3 Å². The van der Waals surface area contributed by atoms with E-state index in [4.69, 9.17) is 21.1 Å². The summed E-state index contributed by atoms with van der Waals surface area (Å²) < 4.78 is 11.0. The SMILES string of the molecule is CCOc1cc(C2/C(=C(\O)c3cc(C)ccc3OC)C(=O)C(=O)N2c2cc(Cl)ccc2C)ccc1O. The third kappa shape index (κ3) is 4.38. The van der Waals surface area contributed by atoms with Crippen LogP contribution in [0.15, 0.2) is 60.2 Å². The van der Waals surface area contributed by atoms with E-state index < -0.39 is 17.7 Å². The molecule has 0 aromatic heterocycles. The summed E-state index contributed by atoms with van der Waals surface area (Å²) in [5, 5.41) is 22.1. The van der Waals surface area contributed by atoms with Crippen molar-refractivity contribution in [3.05, 3.63) is 87.4 Å². The number of Topliss-reactive ketones (excluding diaryl/α,β-unsaturated/α-hetero) is 1. The molecule has 1 heterocycles. The predicted octanol–water partition coefficient (Wildman–Crippen LogP) is 5.70. The number of rotatable bonds is 6. The number of anilines is 1. The Hall–Kier alpha value is -3.97. The molecule has 0 spiro atoms. The monoisotopic (exact) mass is 507 g/mol. The first-order chi connectivity index (χ1) is 17.2. The lowest BCUT2D eigenvalue weighted by atomic mass is 9.94. The highest BCUT2D eigenvalue weighted by molar-refractivity contribution is 6.52. The first-order valence-electron chi connectivity index (χ1n) is 11.4. The van der Waals surface area contributed by atoms with Gasteiger partial charge in [-0.1, -0.05) is 35.4 Å². The number of aryl methyl sites for hydroxylation is 2. The van der Waals surface area contributed by atoms with Gasteiger partial charge in [0.15, 0.2) is 11.5 Å². The predicted molar refractivity (Wildman–Crippen MR) is 138 cm³/mol. The van der Waals surface area contributed by atoms with Crippen molar-refractivity contribution in [1.82, 2.24) is 0 Å². The fraction of sp³-hybridized carbons (Fsp3) is 0.214. The van der Waals surface area contributed by atoms with Gasteiger partial charge in [0.25, 0.3) is 11.7 Å². The quantitative estimate of drug-likeness (QED) is 0.252. The van der Waals surface area contributed by atoms with Gasteiger partial charge in [-0.25, -0.2) is 0 Å². The van der Waals surface area contributed by atoms with Gasteiger partial charge in [0, 0.05) is 10.7 Å². The second-order valence-corrected chi connectivity index (χ2v) is 8.90. The van der Waals surface area contributed by atoms with Gasteiger partial charge in [0.2, 0.25) is 0 Å². The van der Waals surface area contributed by atoms with Crippen molar-refractivity contribution in [2.45, 2.75) is 26.8 Å². The minimum absolute atomic E-state index is 0.0863. The number of ketones is 1. The number of carbonyl (C=O) groups is 2. The van der Waals surface area contributed by atoms with E-state index in [-0.39, 0.29) is 28.4 Å². The van der Waals surface area contributed by atoms with Gasteiger partial charge in [0.05, 0.1) is 30.9 Å². The number of hydrogen-bond acceptors (Lipinski definition) is 6. The Labute approximate surface area is 214 Å². The summed E-state index contributed by atoms with van der Waals surface area (Å²) in [6, 6.07) is 13.8. The zero-order valence-electron chi connectivity index (χ0n) is 20.3. The average Bonchev–Trinajstić information content (AvgIpc) is 3.12.